The minimum atomic E-state index is 0.768. The molecule has 4 nitrogen and oxygen atoms in total. The minimum absolute atomic E-state index is 0.768. The molecule has 0 bridgehead atoms. The van der Waals surface area contributed by atoms with Crippen LogP contribution in [0.1, 0.15) is 18.1 Å². The summed E-state index contributed by atoms with van der Waals surface area (Å²) >= 11 is 3.45. The molecule has 0 amide bonds. The zero-order chi connectivity index (χ0) is 18.7. The topological polar surface area (TPSA) is 41.6 Å². The second kappa shape index (κ2) is 7.87. The Bertz CT molecular complexity index is 929. The highest BCUT2D eigenvalue weighted by atomic mass is 79.9. The predicted molar refractivity (Wildman–Crippen MR) is 111 cm³/mol. The summed E-state index contributed by atoms with van der Waals surface area (Å²) in [6.45, 7) is 7.16. The molecule has 3 rings (SSSR count). The fourth-order valence-electron chi connectivity index (χ4n) is 2.61. The van der Waals surface area contributed by atoms with Crippen molar-refractivity contribution in [3.63, 3.8) is 0 Å². The Morgan fingerprint density at radius 2 is 1.85 bits per heavy atom. The van der Waals surface area contributed by atoms with Crippen molar-refractivity contribution in [1.82, 2.24) is 10.1 Å². The van der Waals surface area contributed by atoms with Crippen LogP contribution in [-0.2, 0) is 0 Å². The second-order valence-electron chi connectivity index (χ2n) is 6.35. The van der Waals surface area contributed by atoms with Crippen LogP contribution in [0, 0.1) is 13.8 Å². The van der Waals surface area contributed by atoms with Gasteiger partial charge in [-0.1, -0.05) is 33.2 Å². The zero-order valence-corrected chi connectivity index (χ0v) is 17.0. The Morgan fingerprint density at radius 3 is 2.54 bits per heavy atom. The summed E-state index contributed by atoms with van der Waals surface area (Å²) < 4.78 is 6.66. The van der Waals surface area contributed by atoms with Gasteiger partial charge in [0.2, 0.25) is 0 Å². The van der Waals surface area contributed by atoms with Gasteiger partial charge in [-0.15, -0.1) is 0 Å². The van der Waals surface area contributed by atoms with Crippen molar-refractivity contribution in [2.45, 2.75) is 20.8 Å². The summed E-state index contributed by atoms with van der Waals surface area (Å²) in [4.78, 5) is 6.63. The van der Waals surface area contributed by atoms with Crippen molar-refractivity contribution >= 4 is 28.0 Å². The first-order chi connectivity index (χ1) is 12.5. The molecule has 0 atom stereocenters. The number of aryl methyl sites for hydroxylation is 2. The van der Waals surface area contributed by atoms with Crippen molar-refractivity contribution < 1.29 is 4.52 Å². The Labute approximate surface area is 162 Å². The second-order valence-corrected chi connectivity index (χ2v) is 7.27. The fourth-order valence-corrected chi connectivity index (χ4v) is 2.87. The molecule has 134 valence electrons. The van der Waals surface area contributed by atoms with Crippen LogP contribution in [0.15, 0.2) is 56.5 Å². The summed E-state index contributed by atoms with van der Waals surface area (Å²) in [5, 5.41) is 4.23. The Kier molecular flexibility index (Phi) is 5.57. The Morgan fingerprint density at radius 1 is 1.12 bits per heavy atom. The van der Waals surface area contributed by atoms with Gasteiger partial charge >= 0.3 is 0 Å². The standard InChI is InChI=1S/C21H22BrN3O/c1-5-25(4)13-23-19-11-14(2)18(10-15(19)3)21-12-20(24-26-21)16-6-8-17(22)9-7-16/h6-13H,5H2,1-4H3. The third-order valence-electron chi connectivity index (χ3n) is 4.35. The van der Waals surface area contributed by atoms with Crippen molar-refractivity contribution in [2.75, 3.05) is 13.6 Å². The normalized spacial score (nSPS) is 11.3. The van der Waals surface area contributed by atoms with E-state index in [1.807, 2.05) is 48.6 Å². The van der Waals surface area contributed by atoms with Crippen LogP contribution in [0.5, 0.6) is 0 Å². The summed E-state index contributed by atoms with van der Waals surface area (Å²) in [6.07, 6.45) is 1.86. The summed E-state index contributed by atoms with van der Waals surface area (Å²) in [7, 11) is 2.01. The highest BCUT2D eigenvalue weighted by Crippen LogP contribution is 2.32. The highest BCUT2D eigenvalue weighted by Gasteiger charge is 2.13. The maximum absolute atomic E-state index is 5.62. The first-order valence-electron chi connectivity index (χ1n) is 8.56. The molecule has 1 heterocycles. The molecule has 1 aromatic heterocycles. The maximum Gasteiger partial charge on any atom is 0.167 e. The average Bonchev–Trinajstić information content (AvgIpc) is 3.12. The molecule has 0 spiro atoms. The molecule has 0 radical (unpaired) electrons. The predicted octanol–water partition coefficient (Wildman–Crippen LogP) is 6.00. The molecule has 0 N–H and O–H groups in total. The molecule has 5 heteroatoms. The van der Waals surface area contributed by atoms with Crippen molar-refractivity contribution in [1.29, 1.82) is 0 Å². The number of hydrogen-bond acceptors (Lipinski definition) is 3. The molecule has 0 unspecified atom stereocenters. The molecule has 0 saturated heterocycles. The van der Waals surface area contributed by atoms with Gasteiger partial charge in [-0.2, -0.15) is 0 Å². The lowest BCUT2D eigenvalue weighted by Crippen LogP contribution is -2.14. The van der Waals surface area contributed by atoms with Gasteiger partial charge in [-0.05, 0) is 56.2 Å². The Balaban J connectivity index is 1.91. The van der Waals surface area contributed by atoms with Crippen LogP contribution in [0.4, 0.5) is 5.69 Å². The monoisotopic (exact) mass is 411 g/mol. The van der Waals surface area contributed by atoms with Crippen LogP contribution in [-0.4, -0.2) is 30.0 Å². The molecule has 3 aromatic rings. The highest BCUT2D eigenvalue weighted by molar-refractivity contribution is 9.10. The minimum Gasteiger partial charge on any atom is -0.366 e. The van der Waals surface area contributed by atoms with Gasteiger partial charge in [0.1, 0.15) is 5.69 Å². The molecule has 0 aliphatic heterocycles. The number of aromatic nitrogens is 1. The number of benzene rings is 2. The molecule has 0 saturated carbocycles. The van der Waals surface area contributed by atoms with E-state index in [9.17, 15) is 0 Å². The van der Waals surface area contributed by atoms with Gasteiger partial charge in [-0.3, -0.25) is 0 Å². The van der Waals surface area contributed by atoms with Crippen molar-refractivity contribution in [3.05, 3.63) is 58.1 Å². The summed E-state index contributed by atoms with van der Waals surface area (Å²) in [5.74, 6) is 0.768. The fraction of sp³-hybridized carbons (Fsp3) is 0.238. The lowest BCUT2D eigenvalue weighted by molar-refractivity contribution is 0.434. The van der Waals surface area contributed by atoms with Crippen LogP contribution in [0.25, 0.3) is 22.6 Å². The third kappa shape index (κ3) is 4.05. The van der Waals surface area contributed by atoms with Crippen LogP contribution in [0.2, 0.25) is 0 Å². The molecular weight excluding hydrogens is 390 g/mol. The SMILES string of the molecule is CCN(C)C=Nc1cc(C)c(-c2cc(-c3ccc(Br)cc3)no2)cc1C. The van der Waals surface area contributed by atoms with E-state index in [2.05, 4.69) is 59.0 Å². The van der Waals surface area contributed by atoms with E-state index < -0.39 is 0 Å². The molecule has 2 aromatic carbocycles. The van der Waals surface area contributed by atoms with Crippen LogP contribution in [0.3, 0.4) is 0 Å². The van der Waals surface area contributed by atoms with E-state index in [0.29, 0.717) is 0 Å². The van der Waals surface area contributed by atoms with E-state index in [1.165, 1.54) is 0 Å². The first kappa shape index (κ1) is 18.4. The lowest BCUT2D eigenvalue weighted by atomic mass is 10.0. The third-order valence-corrected chi connectivity index (χ3v) is 4.88. The quantitative estimate of drug-likeness (QED) is 0.381. The van der Waals surface area contributed by atoms with Crippen molar-refractivity contribution in [2.24, 2.45) is 4.99 Å². The van der Waals surface area contributed by atoms with Crippen LogP contribution >= 0.6 is 15.9 Å². The van der Waals surface area contributed by atoms with Gasteiger partial charge in [0.15, 0.2) is 5.76 Å². The smallest absolute Gasteiger partial charge is 0.167 e. The number of halogens is 1. The molecule has 0 aliphatic rings. The molecule has 0 fully saturated rings. The maximum atomic E-state index is 5.62. The summed E-state index contributed by atoms with van der Waals surface area (Å²) in [6, 6.07) is 14.2. The molecule has 0 aliphatic carbocycles. The number of hydrogen-bond donors (Lipinski definition) is 0. The average molecular weight is 412 g/mol. The first-order valence-corrected chi connectivity index (χ1v) is 9.36. The van der Waals surface area contributed by atoms with Gasteiger partial charge in [0.05, 0.1) is 12.0 Å². The van der Waals surface area contributed by atoms with E-state index in [0.717, 1.165) is 50.4 Å². The van der Waals surface area contributed by atoms with E-state index >= 15 is 0 Å². The van der Waals surface area contributed by atoms with E-state index in [4.69, 9.17) is 4.52 Å². The molecule has 26 heavy (non-hydrogen) atoms. The van der Waals surface area contributed by atoms with Gasteiger partial charge in [0.25, 0.3) is 0 Å². The number of rotatable bonds is 5. The van der Waals surface area contributed by atoms with Crippen molar-refractivity contribution in [3.8, 4) is 22.6 Å². The van der Waals surface area contributed by atoms with E-state index in [-0.39, 0.29) is 0 Å². The summed E-state index contributed by atoms with van der Waals surface area (Å²) in [5.41, 5.74) is 6.09. The van der Waals surface area contributed by atoms with E-state index in [1.54, 1.807) is 0 Å². The van der Waals surface area contributed by atoms with Gasteiger partial charge in [0, 0.05) is 35.3 Å². The van der Waals surface area contributed by atoms with Crippen LogP contribution < -0.4 is 0 Å². The number of nitrogens with zero attached hydrogens (tertiary/aromatic N) is 3. The largest absolute Gasteiger partial charge is 0.366 e. The van der Waals surface area contributed by atoms with Gasteiger partial charge < -0.3 is 9.42 Å². The van der Waals surface area contributed by atoms with Gasteiger partial charge in [-0.25, -0.2) is 4.99 Å². The zero-order valence-electron chi connectivity index (χ0n) is 15.5. The lowest BCUT2D eigenvalue weighted by Gasteiger charge is -2.10. The molecular formula is C21H22BrN3O. The number of aliphatic imine (C=N–C) groups is 1. The Hall–Kier alpha value is -2.40.